The van der Waals surface area contributed by atoms with Crippen molar-refractivity contribution in [3.05, 3.63) is 54.1 Å². The van der Waals surface area contributed by atoms with E-state index in [0.717, 1.165) is 0 Å². The van der Waals surface area contributed by atoms with Crippen LogP contribution >= 0.6 is 0 Å². The molecular weight excluding hydrogens is 246 g/mol. The van der Waals surface area contributed by atoms with Crippen LogP contribution < -0.4 is 5.32 Å². The zero-order chi connectivity index (χ0) is 13.7. The molecule has 1 amide bonds. The van der Waals surface area contributed by atoms with Crippen molar-refractivity contribution in [2.75, 3.05) is 6.54 Å². The molecule has 19 heavy (non-hydrogen) atoms. The maximum absolute atomic E-state index is 11.7. The van der Waals surface area contributed by atoms with Gasteiger partial charge in [-0.25, -0.2) is 9.78 Å². The van der Waals surface area contributed by atoms with Crippen LogP contribution in [-0.2, 0) is 6.54 Å². The Morgan fingerprint density at radius 3 is 2.63 bits per heavy atom. The Balaban J connectivity index is 1.83. The number of benzene rings is 1. The Labute approximate surface area is 109 Å². The van der Waals surface area contributed by atoms with E-state index in [1.165, 1.54) is 12.5 Å². The highest BCUT2D eigenvalue weighted by atomic mass is 16.4. The van der Waals surface area contributed by atoms with Crippen LogP contribution in [-0.4, -0.2) is 33.1 Å². The molecule has 0 fully saturated rings. The van der Waals surface area contributed by atoms with E-state index in [-0.39, 0.29) is 11.6 Å². The van der Waals surface area contributed by atoms with E-state index in [4.69, 9.17) is 5.11 Å². The molecule has 0 saturated heterocycles. The SMILES string of the molecule is O=C(NCCn1cnc(C(=O)O)c1)c1ccccc1. The maximum atomic E-state index is 11.7. The van der Waals surface area contributed by atoms with Gasteiger partial charge in [0, 0.05) is 24.8 Å². The van der Waals surface area contributed by atoms with Crippen molar-refractivity contribution < 1.29 is 14.7 Å². The van der Waals surface area contributed by atoms with Gasteiger partial charge in [0.2, 0.25) is 0 Å². The smallest absolute Gasteiger partial charge is 0.356 e. The van der Waals surface area contributed by atoms with E-state index in [1.807, 2.05) is 6.07 Å². The Bertz CT molecular complexity index is 578. The molecule has 0 atom stereocenters. The predicted octanol–water partition coefficient (Wildman–Crippen LogP) is 1.01. The van der Waals surface area contributed by atoms with Crippen LogP contribution in [0.2, 0.25) is 0 Å². The highest BCUT2D eigenvalue weighted by Crippen LogP contribution is 1.98. The lowest BCUT2D eigenvalue weighted by Crippen LogP contribution is -2.26. The molecule has 0 radical (unpaired) electrons. The Morgan fingerprint density at radius 2 is 2.00 bits per heavy atom. The van der Waals surface area contributed by atoms with Gasteiger partial charge in [-0.05, 0) is 12.1 Å². The molecule has 6 nitrogen and oxygen atoms in total. The molecule has 2 rings (SSSR count). The summed E-state index contributed by atoms with van der Waals surface area (Å²) in [6.07, 6.45) is 2.86. The number of carbonyl (C=O) groups is 2. The predicted molar refractivity (Wildman–Crippen MR) is 68.0 cm³/mol. The van der Waals surface area contributed by atoms with Crippen molar-refractivity contribution in [3.63, 3.8) is 0 Å². The fraction of sp³-hybridized carbons (Fsp3) is 0.154. The van der Waals surface area contributed by atoms with Gasteiger partial charge in [0.25, 0.3) is 5.91 Å². The molecule has 0 unspecified atom stereocenters. The molecule has 0 aliphatic rings. The molecule has 0 bridgehead atoms. The maximum Gasteiger partial charge on any atom is 0.356 e. The quantitative estimate of drug-likeness (QED) is 0.839. The summed E-state index contributed by atoms with van der Waals surface area (Å²) in [5, 5.41) is 11.5. The van der Waals surface area contributed by atoms with Crippen LogP contribution in [0.15, 0.2) is 42.9 Å². The van der Waals surface area contributed by atoms with Gasteiger partial charge in [-0.1, -0.05) is 18.2 Å². The fourth-order valence-corrected chi connectivity index (χ4v) is 1.58. The average Bonchev–Trinajstić information content (AvgIpc) is 2.89. The van der Waals surface area contributed by atoms with Gasteiger partial charge in [0.1, 0.15) is 0 Å². The van der Waals surface area contributed by atoms with E-state index in [0.29, 0.717) is 18.7 Å². The van der Waals surface area contributed by atoms with E-state index in [1.54, 1.807) is 28.8 Å². The van der Waals surface area contributed by atoms with E-state index in [2.05, 4.69) is 10.3 Å². The second-order valence-electron chi connectivity index (χ2n) is 3.92. The number of hydrogen-bond acceptors (Lipinski definition) is 3. The lowest BCUT2D eigenvalue weighted by Gasteiger charge is -2.05. The first-order valence-electron chi connectivity index (χ1n) is 5.75. The average molecular weight is 259 g/mol. The van der Waals surface area contributed by atoms with Crippen molar-refractivity contribution in [1.29, 1.82) is 0 Å². The number of carboxylic acids is 1. The summed E-state index contributed by atoms with van der Waals surface area (Å²) in [4.78, 5) is 26.1. The summed E-state index contributed by atoms with van der Waals surface area (Å²) < 4.78 is 1.62. The van der Waals surface area contributed by atoms with Gasteiger partial charge < -0.3 is 15.0 Å². The van der Waals surface area contributed by atoms with Gasteiger partial charge >= 0.3 is 5.97 Å². The van der Waals surface area contributed by atoms with Crippen molar-refractivity contribution >= 4 is 11.9 Å². The zero-order valence-electron chi connectivity index (χ0n) is 10.1. The van der Waals surface area contributed by atoms with Gasteiger partial charge in [0.15, 0.2) is 5.69 Å². The molecule has 2 aromatic rings. The summed E-state index contributed by atoms with van der Waals surface area (Å²) in [6, 6.07) is 8.90. The van der Waals surface area contributed by atoms with Crippen molar-refractivity contribution in [1.82, 2.24) is 14.9 Å². The van der Waals surface area contributed by atoms with E-state index >= 15 is 0 Å². The first-order chi connectivity index (χ1) is 9.16. The third kappa shape index (κ3) is 3.41. The number of amides is 1. The lowest BCUT2D eigenvalue weighted by molar-refractivity contribution is 0.0690. The number of aromatic carboxylic acids is 1. The number of imidazole rings is 1. The fourth-order valence-electron chi connectivity index (χ4n) is 1.58. The summed E-state index contributed by atoms with van der Waals surface area (Å²) in [7, 11) is 0. The number of carbonyl (C=O) groups excluding carboxylic acids is 1. The van der Waals surface area contributed by atoms with Gasteiger partial charge in [-0.2, -0.15) is 0 Å². The topological polar surface area (TPSA) is 84.2 Å². The van der Waals surface area contributed by atoms with Gasteiger partial charge in [-0.3, -0.25) is 4.79 Å². The summed E-state index contributed by atoms with van der Waals surface area (Å²) in [6.45, 7) is 0.877. The molecule has 1 heterocycles. The van der Waals surface area contributed by atoms with Crippen LogP contribution in [0.3, 0.4) is 0 Å². The third-order valence-corrected chi connectivity index (χ3v) is 2.54. The van der Waals surface area contributed by atoms with Gasteiger partial charge in [0.05, 0.1) is 6.33 Å². The number of aromatic nitrogens is 2. The Kier molecular flexibility index (Phi) is 3.92. The second kappa shape index (κ2) is 5.81. The molecule has 6 heteroatoms. The molecule has 98 valence electrons. The summed E-state index contributed by atoms with van der Waals surface area (Å²) in [5.41, 5.74) is 0.591. The molecular formula is C13H13N3O3. The summed E-state index contributed by atoms with van der Waals surface area (Å²) in [5.74, 6) is -1.22. The summed E-state index contributed by atoms with van der Waals surface area (Å²) >= 11 is 0. The number of nitrogens with one attached hydrogen (secondary N) is 1. The van der Waals surface area contributed by atoms with E-state index in [9.17, 15) is 9.59 Å². The molecule has 0 saturated carbocycles. The molecule has 0 aliphatic heterocycles. The zero-order valence-corrected chi connectivity index (χ0v) is 10.1. The number of carboxylic acid groups (broad SMARTS) is 1. The lowest BCUT2D eigenvalue weighted by atomic mass is 10.2. The number of hydrogen-bond donors (Lipinski definition) is 2. The standard InChI is InChI=1S/C13H13N3O3/c17-12(10-4-2-1-3-5-10)14-6-7-16-8-11(13(18)19)15-9-16/h1-5,8-9H,6-7H2,(H,14,17)(H,18,19). The second-order valence-corrected chi connectivity index (χ2v) is 3.92. The molecule has 1 aromatic heterocycles. The third-order valence-electron chi connectivity index (χ3n) is 2.54. The number of nitrogens with zero attached hydrogens (tertiary/aromatic N) is 2. The monoisotopic (exact) mass is 259 g/mol. The Morgan fingerprint density at radius 1 is 1.26 bits per heavy atom. The van der Waals surface area contributed by atoms with Crippen LogP contribution in [0.4, 0.5) is 0 Å². The van der Waals surface area contributed by atoms with E-state index < -0.39 is 5.97 Å². The molecule has 0 aliphatic carbocycles. The first-order valence-corrected chi connectivity index (χ1v) is 5.75. The largest absolute Gasteiger partial charge is 0.476 e. The highest BCUT2D eigenvalue weighted by molar-refractivity contribution is 5.94. The molecule has 2 N–H and O–H groups in total. The minimum atomic E-state index is -1.06. The van der Waals surface area contributed by atoms with Crippen molar-refractivity contribution in [2.45, 2.75) is 6.54 Å². The minimum absolute atomic E-state index is 0.00520. The highest BCUT2D eigenvalue weighted by Gasteiger charge is 2.07. The van der Waals surface area contributed by atoms with Crippen LogP contribution in [0.5, 0.6) is 0 Å². The van der Waals surface area contributed by atoms with Crippen LogP contribution in [0, 0.1) is 0 Å². The minimum Gasteiger partial charge on any atom is -0.476 e. The van der Waals surface area contributed by atoms with Crippen molar-refractivity contribution in [3.8, 4) is 0 Å². The number of rotatable bonds is 5. The molecule has 1 aromatic carbocycles. The first kappa shape index (κ1) is 12.8. The van der Waals surface area contributed by atoms with Gasteiger partial charge in [-0.15, -0.1) is 0 Å². The van der Waals surface area contributed by atoms with Crippen molar-refractivity contribution in [2.24, 2.45) is 0 Å². The Hall–Kier alpha value is -2.63. The van der Waals surface area contributed by atoms with Crippen LogP contribution in [0.1, 0.15) is 20.8 Å². The van der Waals surface area contributed by atoms with Crippen LogP contribution in [0.25, 0.3) is 0 Å². The normalized spacial score (nSPS) is 10.1. The molecule has 0 spiro atoms.